The molecule has 1 unspecified atom stereocenters. The summed E-state index contributed by atoms with van der Waals surface area (Å²) in [4.78, 5) is 22.8. The van der Waals surface area contributed by atoms with Crippen LogP contribution in [-0.4, -0.2) is 39.8 Å². The molecule has 1 aromatic rings. The number of hydrogen-bond donors (Lipinski definition) is 4. The Morgan fingerprint density at radius 2 is 2.16 bits per heavy atom. The maximum Gasteiger partial charge on any atom is 0.320 e. The van der Waals surface area contributed by atoms with Crippen molar-refractivity contribution in [3.8, 4) is 0 Å². The summed E-state index contributed by atoms with van der Waals surface area (Å²) in [6.45, 7) is 3.58. The highest BCUT2D eigenvalue weighted by Crippen LogP contribution is 2.32. The van der Waals surface area contributed by atoms with Gasteiger partial charge in [0.05, 0.1) is 23.6 Å². The molecule has 7 nitrogen and oxygen atoms in total. The lowest BCUT2D eigenvalue weighted by Crippen LogP contribution is -2.42. The lowest BCUT2D eigenvalue weighted by molar-refractivity contribution is -0.140. The van der Waals surface area contributed by atoms with Gasteiger partial charge in [0.25, 0.3) is 0 Å². The van der Waals surface area contributed by atoms with Gasteiger partial charge in [-0.25, -0.2) is 0 Å². The highest BCUT2D eigenvalue weighted by Gasteiger charge is 2.36. The second-order valence-electron chi connectivity index (χ2n) is 4.89. The van der Waals surface area contributed by atoms with Crippen LogP contribution in [0.2, 0.25) is 0 Å². The van der Waals surface area contributed by atoms with Gasteiger partial charge in [-0.05, 0) is 32.6 Å². The molecule has 0 spiro atoms. The fraction of sp³-hybridized carbons (Fsp3) is 0.583. The SMILES string of the molecule is Cc1n[nH]c(C)c1NC(=O)CNC(C(=O)O)C1CC1. The topological polar surface area (TPSA) is 107 Å². The first-order valence-electron chi connectivity index (χ1n) is 6.26. The molecule has 1 aliphatic rings. The summed E-state index contributed by atoms with van der Waals surface area (Å²) < 4.78 is 0. The largest absolute Gasteiger partial charge is 0.480 e. The third-order valence-corrected chi connectivity index (χ3v) is 3.23. The molecule has 1 amide bonds. The number of anilines is 1. The number of aromatic nitrogens is 2. The van der Waals surface area contributed by atoms with Gasteiger partial charge in [0.2, 0.25) is 5.91 Å². The Morgan fingerprint density at radius 1 is 1.47 bits per heavy atom. The summed E-state index contributed by atoms with van der Waals surface area (Å²) in [6.07, 6.45) is 1.82. The molecule has 2 rings (SSSR count). The molecule has 7 heteroatoms. The van der Waals surface area contributed by atoms with Crippen LogP contribution in [0.1, 0.15) is 24.2 Å². The van der Waals surface area contributed by atoms with E-state index in [0.717, 1.165) is 18.5 Å². The summed E-state index contributed by atoms with van der Waals surface area (Å²) in [6, 6.07) is -0.628. The molecule has 1 atom stereocenters. The molecule has 1 fully saturated rings. The van der Waals surface area contributed by atoms with E-state index in [9.17, 15) is 9.59 Å². The Hall–Kier alpha value is -1.89. The highest BCUT2D eigenvalue weighted by molar-refractivity contribution is 5.93. The minimum atomic E-state index is -0.897. The predicted octanol–water partition coefficient (Wildman–Crippen LogP) is 0.418. The van der Waals surface area contributed by atoms with E-state index in [1.807, 2.05) is 6.92 Å². The Kier molecular flexibility index (Phi) is 3.84. The second-order valence-corrected chi connectivity index (χ2v) is 4.89. The van der Waals surface area contributed by atoms with Crippen LogP contribution in [0.4, 0.5) is 5.69 Å². The first-order valence-corrected chi connectivity index (χ1v) is 6.26. The number of carboxylic acids is 1. The number of carbonyl (C=O) groups is 2. The van der Waals surface area contributed by atoms with Crippen LogP contribution in [0.5, 0.6) is 0 Å². The fourth-order valence-electron chi connectivity index (χ4n) is 2.01. The molecule has 0 saturated heterocycles. The smallest absolute Gasteiger partial charge is 0.320 e. The van der Waals surface area contributed by atoms with Crippen molar-refractivity contribution < 1.29 is 14.7 Å². The molecule has 104 valence electrons. The number of carbonyl (C=O) groups excluding carboxylic acids is 1. The summed E-state index contributed by atoms with van der Waals surface area (Å²) in [7, 11) is 0. The molecule has 1 saturated carbocycles. The normalized spacial score (nSPS) is 16.1. The molecule has 0 aliphatic heterocycles. The Balaban J connectivity index is 1.86. The van der Waals surface area contributed by atoms with E-state index in [2.05, 4.69) is 20.8 Å². The van der Waals surface area contributed by atoms with E-state index < -0.39 is 12.0 Å². The number of hydrogen-bond acceptors (Lipinski definition) is 4. The van der Waals surface area contributed by atoms with E-state index >= 15 is 0 Å². The Morgan fingerprint density at radius 3 is 2.63 bits per heavy atom. The zero-order valence-corrected chi connectivity index (χ0v) is 11.0. The van der Waals surface area contributed by atoms with Crippen LogP contribution < -0.4 is 10.6 Å². The van der Waals surface area contributed by atoms with Crippen molar-refractivity contribution in [3.05, 3.63) is 11.4 Å². The molecule has 0 aromatic carbocycles. The molecule has 1 aliphatic carbocycles. The molecular formula is C12H18N4O3. The minimum Gasteiger partial charge on any atom is -0.480 e. The van der Waals surface area contributed by atoms with Crippen molar-refractivity contribution in [3.63, 3.8) is 0 Å². The lowest BCUT2D eigenvalue weighted by Gasteiger charge is -2.13. The van der Waals surface area contributed by atoms with Gasteiger partial charge in [-0.1, -0.05) is 0 Å². The maximum absolute atomic E-state index is 11.8. The van der Waals surface area contributed by atoms with Crippen molar-refractivity contribution in [1.29, 1.82) is 0 Å². The molecule has 4 N–H and O–H groups in total. The molecule has 0 bridgehead atoms. The van der Waals surface area contributed by atoms with Crippen LogP contribution in [0.3, 0.4) is 0 Å². The van der Waals surface area contributed by atoms with Gasteiger partial charge in [0.15, 0.2) is 0 Å². The number of carboxylic acid groups (broad SMARTS) is 1. The summed E-state index contributed by atoms with van der Waals surface area (Å²) >= 11 is 0. The first-order chi connectivity index (χ1) is 8.99. The zero-order chi connectivity index (χ0) is 14.0. The fourth-order valence-corrected chi connectivity index (χ4v) is 2.01. The standard InChI is InChI=1S/C12H18N4O3/c1-6-10(7(2)16-15-6)14-9(17)5-13-11(12(18)19)8-3-4-8/h8,11,13H,3-5H2,1-2H3,(H,14,17)(H,15,16)(H,18,19). The summed E-state index contributed by atoms with van der Waals surface area (Å²) in [5.74, 6) is -1.01. The van der Waals surface area contributed by atoms with Crippen molar-refractivity contribution >= 4 is 17.6 Å². The van der Waals surface area contributed by atoms with Crippen molar-refractivity contribution in [1.82, 2.24) is 15.5 Å². The molecule has 1 heterocycles. The van der Waals surface area contributed by atoms with E-state index in [1.54, 1.807) is 6.92 Å². The highest BCUT2D eigenvalue weighted by atomic mass is 16.4. The van der Waals surface area contributed by atoms with E-state index in [4.69, 9.17) is 5.11 Å². The maximum atomic E-state index is 11.8. The Labute approximate surface area is 110 Å². The van der Waals surface area contributed by atoms with Crippen LogP contribution in [0, 0.1) is 19.8 Å². The van der Waals surface area contributed by atoms with Gasteiger partial charge < -0.3 is 10.4 Å². The first kappa shape index (κ1) is 13.5. The average Bonchev–Trinajstić information content (AvgIpc) is 3.12. The second kappa shape index (κ2) is 5.40. The third-order valence-electron chi connectivity index (χ3n) is 3.23. The lowest BCUT2D eigenvalue weighted by atomic mass is 10.2. The van der Waals surface area contributed by atoms with Crippen LogP contribution >= 0.6 is 0 Å². The van der Waals surface area contributed by atoms with Crippen LogP contribution in [0.15, 0.2) is 0 Å². The van der Waals surface area contributed by atoms with Gasteiger partial charge >= 0.3 is 5.97 Å². The summed E-state index contributed by atoms with van der Waals surface area (Å²) in [5, 5.41) is 21.3. The van der Waals surface area contributed by atoms with Gasteiger partial charge in [-0.3, -0.25) is 20.0 Å². The third kappa shape index (κ3) is 3.31. The van der Waals surface area contributed by atoms with Gasteiger partial charge in [0.1, 0.15) is 6.04 Å². The predicted molar refractivity (Wildman–Crippen MR) is 68.8 cm³/mol. The van der Waals surface area contributed by atoms with Gasteiger partial charge in [-0.2, -0.15) is 5.10 Å². The van der Waals surface area contributed by atoms with E-state index in [1.165, 1.54) is 0 Å². The quantitative estimate of drug-likeness (QED) is 0.597. The van der Waals surface area contributed by atoms with Crippen molar-refractivity contribution in [2.75, 3.05) is 11.9 Å². The number of aliphatic carboxylic acids is 1. The number of H-pyrrole nitrogens is 1. The monoisotopic (exact) mass is 266 g/mol. The van der Waals surface area contributed by atoms with Crippen LogP contribution in [0.25, 0.3) is 0 Å². The molecule has 1 aromatic heterocycles. The molecule has 0 radical (unpaired) electrons. The van der Waals surface area contributed by atoms with E-state index in [-0.39, 0.29) is 18.4 Å². The van der Waals surface area contributed by atoms with Crippen LogP contribution in [-0.2, 0) is 9.59 Å². The van der Waals surface area contributed by atoms with Gasteiger partial charge in [-0.15, -0.1) is 0 Å². The summed E-state index contributed by atoms with van der Waals surface area (Å²) in [5.41, 5.74) is 2.15. The number of amides is 1. The number of aromatic amines is 1. The Bertz CT molecular complexity index is 474. The van der Waals surface area contributed by atoms with Crippen molar-refractivity contribution in [2.45, 2.75) is 32.7 Å². The average molecular weight is 266 g/mol. The number of nitrogens with zero attached hydrogens (tertiary/aromatic N) is 1. The minimum absolute atomic E-state index is 0.0163. The molecular weight excluding hydrogens is 248 g/mol. The van der Waals surface area contributed by atoms with Gasteiger partial charge in [0, 0.05) is 0 Å². The zero-order valence-electron chi connectivity index (χ0n) is 11.0. The number of nitrogens with one attached hydrogen (secondary N) is 3. The van der Waals surface area contributed by atoms with Crippen molar-refractivity contribution in [2.24, 2.45) is 5.92 Å². The number of aryl methyl sites for hydroxylation is 2. The van der Waals surface area contributed by atoms with E-state index in [0.29, 0.717) is 11.4 Å². The molecule has 19 heavy (non-hydrogen) atoms. The number of rotatable bonds is 6.